The van der Waals surface area contributed by atoms with E-state index in [1.165, 1.54) is 0 Å². The molecule has 1 aromatic heterocycles. The Morgan fingerprint density at radius 1 is 1.52 bits per heavy atom. The number of nitrogens with one attached hydrogen (secondary N) is 1. The quantitative estimate of drug-likeness (QED) is 0.924. The highest BCUT2D eigenvalue weighted by Gasteiger charge is 2.30. The van der Waals surface area contributed by atoms with E-state index in [-0.39, 0.29) is 12.1 Å². The normalized spacial score (nSPS) is 19.6. The predicted molar refractivity (Wildman–Crippen MR) is 78.8 cm³/mol. The lowest BCUT2D eigenvalue weighted by Gasteiger charge is -2.36. The average Bonchev–Trinajstić information content (AvgIpc) is 2.90. The highest BCUT2D eigenvalue weighted by molar-refractivity contribution is 5.68. The van der Waals surface area contributed by atoms with Crippen LogP contribution in [-0.2, 0) is 11.3 Å². The Labute approximate surface area is 125 Å². The number of hydrogen-bond donors (Lipinski definition) is 1. The number of aromatic nitrogens is 1. The van der Waals surface area contributed by atoms with E-state index in [0.717, 1.165) is 38.0 Å². The zero-order valence-corrected chi connectivity index (χ0v) is 13.1. The number of amides is 1. The second kappa shape index (κ2) is 6.93. The molecule has 0 aliphatic carbocycles. The molecule has 1 atom stereocenters. The molecule has 1 saturated heterocycles. The minimum Gasteiger partial charge on any atom is -0.444 e. The SMILES string of the molecule is CC(C)(C)OC(=O)N1CCCCC1CNCc1ccon1. The van der Waals surface area contributed by atoms with Crippen LogP contribution >= 0.6 is 0 Å². The second-order valence-electron chi connectivity index (χ2n) is 6.45. The van der Waals surface area contributed by atoms with Crippen molar-refractivity contribution in [1.29, 1.82) is 0 Å². The van der Waals surface area contributed by atoms with Crippen molar-refractivity contribution < 1.29 is 14.1 Å². The van der Waals surface area contributed by atoms with Crippen molar-refractivity contribution in [2.24, 2.45) is 0 Å². The molecule has 0 radical (unpaired) electrons. The van der Waals surface area contributed by atoms with Gasteiger partial charge < -0.3 is 19.5 Å². The van der Waals surface area contributed by atoms with Gasteiger partial charge in [-0.05, 0) is 40.0 Å². The van der Waals surface area contributed by atoms with Gasteiger partial charge in [0.15, 0.2) is 0 Å². The number of carbonyl (C=O) groups is 1. The van der Waals surface area contributed by atoms with Crippen molar-refractivity contribution >= 4 is 6.09 Å². The largest absolute Gasteiger partial charge is 0.444 e. The summed E-state index contributed by atoms with van der Waals surface area (Å²) in [6, 6.07) is 2.01. The third kappa shape index (κ3) is 5.04. The van der Waals surface area contributed by atoms with Gasteiger partial charge in [0.05, 0.1) is 5.69 Å². The van der Waals surface area contributed by atoms with E-state index in [1.54, 1.807) is 6.26 Å². The smallest absolute Gasteiger partial charge is 0.410 e. The van der Waals surface area contributed by atoms with Crippen molar-refractivity contribution in [2.75, 3.05) is 13.1 Å². The fraction of sp³-hybridized carbons (Fsp3) is 0.733. The average molecular weight is 295 g/mol. The summed E-state index contributed by atoms with van der Waals surface area (Å²) in [5.74, 6) is 0. The Hall–Kier alpha value is -1.56. The van der Waals surface area contributed by atoms with Crippen LogP contribution in [0.2, 0.25) is 0 Å². The van der Waals surface area contributed by atoms with Gasteiger partial charge in [-0.25, -0.2) is 4.79 Å². The van der Waals surface area contributed by atoms with E-state index in [4.69, 9.17) is 9.26 Å². The van der Waals surface area contributed by atoms with Crippen LogP contribution in [0, 0.1) is 0 Å². The zero-order chi connectivity index (χ0) is 15.3. The van der Waals surface area contributed by atoms with E-state index in [9.17, 15) is 4.79 Å². The lowest BCUT2D eigenvalue weighted by atomic mass is 10.0. The first-order valence-electron chi connectivity index (χ1n) is 7.55. The van der Waals surface area contributed by atoms with Gasteiger partial charge in [-0.2, -0.15) is 0 Å². The molecule has 0 saturated carbocycles. The van der Waals surface area contributed by atoms with Crippen molar-refractivity contribution in [1.82, 2.24) is 15.4 Å². The Morgan fingerprint density at radius 3 is 3.00 bits per heavy atom. The molecule has 1 aliphatic heterocycles. The first kappa shape index (κ1) is 15.8. The van der Waals surface area contributed by atoms with E-state index in [1.807, 2.05) is 31.7 Å². The summed E-state index contributed by atoms with van der Waals surface area (Å²) >= 11 is 0. The van der Waals surface area contributed by atoms with Gasteiger partial charge in [-0.15, -0.1) is 0 Å². The van der Waals surface area contributed by atoms with Crippen LogP contribution in [0.1, 0.15) is 45.7 Å². The van der Waals surface area contributed by atoms with Gasteiger partial charge in [0.25, 0.3) is 0 Å². The summed E-state index contributed by atoms with van der Waals surface area (Å²) in [4.78, 5) is 14.1. The van der Waals surface area contributed by atoms with Gasteiger partial charge >= 0.3 is 6.09 Å². The highest BCUT2D eigenvalue weighted by Crippen LogP contribution is 2.20. The molecule has 0 bridgehead atoms. The zero-order valence-electron chi connectivity index (χ0n) is 13.1. The topological polar surface area (TPSA) is 67.6 Å². The van der Waals surface area contributed by atoms with Crippen LogP contribution in [0.3, 0.4) is 0 Å². The number of ether oxygens (including phenoxy) is 1. The van der Waals surface area contributed by atoms with Crippen LogP contribution in [0.5, 0.6) is 0 Å². The van der Waals surface area contributed by atoms with Crippen molar-refractivity contribution in [3.8, 4) is 0 Å². The molecule has 1 aromatic rings. The van der Waals surface area contributed by atoms with Crippen LogP contribution in [0.15, 0.2) is 16.9 Å². The minimum absolute atomic E-state index is 0.181. The van der Waals surface area contributed by atoms with E-state index >= 15 is 0 Å². The molecule has 1 unspecified atom stereocenters. The molecule has 21 heavy (non-hydrogen) atoms. The number of hydrogen-bond acceptors (Lipinski definition) is 5. The van der Waals surface area contributed by atoms with E-state index in [2.05, 4.69) is 10.5 Å². The number of rotatable bonds is 4. The summed E-state index contributed by atoms with van der Waals surface area (Å²) in [7, 11) is 0. The van der Waals surface area contributed by atoms with Crippen molar-refractivity contribution in [2.45, 2.75) is 58.2 Å². The fourth-order valence-corrected chi connectivity index (χ4v) is 2.47. The highest BCUT2D eigenvalue weighted by atomic mass is 16.6. The molecule has 1 aliphatic rings. The monoisotopic (exact) mass is 295 g/mol. The molecule has 1 N–H and O–H groups in total. The number of carbonyl (C=O) groups excluding carboxylic acids is 1. The van der Waals surface area contributed by atoms with Gasteiger partial charge in [-0.1, -0.05) is 5.16 Å². The maximum atomic E-state index is 12.3. The first-order valence-corrected chi connectivity index (χ1v) is 7.55. The molecule has 1 amide bonds. The van der Waals surface area contributed by atoms with Crippen molar-refractivity contribution in [3.05, 3.63) is 18.0 Å². The maximum Gasteiger partial charge on any atom is 0.410 e. The molecule has 6 heteroatoms. The third-order valence-corrected chi connectivity index (χ3v) is 3.43. The summed E-state index contributed by atoms with van der Waals surface area (Å²) in [6.45, 7) is 7.85. The molecule has 6 nitrogen and oxygen atoms in total. The van der Waals surface area contributed by atoms with Crippen LogP contribution < -0.4 is 5.32 Å². The first-order chi connectivity index (χ1) is 9.96. The summed E-state index contributed by atoms with van der Waals surface area (Å²) in [5, 5.41) is 7.19. The predicted octanol–water partition coefficient (Wildman–Crippen LogP) is 2.55. The molecular weight excluding hydrogens is 270 g/mol. The van der Waals surface area contributed by atoms with Crippen LogP contribution in [-0.4, -0.2) is 40.9 Å². The Bertz CT molecular complexity index is 440. The molecule has 0 spiro atoms. The molecule has 0 aromatic carbocycles. The number of nitrogens with zero attached hydrogens (tertiary/aromatic N) is 2. The van der Waals surface area contributed by atoms with E-state index < -0.39 is 5.60 Å². The summed E-state index contributed by atoms with van der Waals surface area (Å²) < 4.78 is 10.3. The summed E-state index contributed by atoms with van der Waals surface area (Å²) in [5.41, 5.74) is 0.419. The Morgan fingerprint density at radius 2 is 2.33 bits per heavy atom. The standard InChI is InChI=1S/C15H25N3O3/c1-15(2,3)21-14(19)18-8-5-4-6-13(18)11-16-10-12-7-9-20-17-12/h7,9,13,16H,4-6,8,10-11H2,1-3H3. The van der Waals surface area contributed by atoms with Gasteiger partial charge in [-0.3, -0.25) is 0 Å². The maximum absolute atomic E-state index is 12.3. The molecule has 118 valence electrons. The lowest BCUT2D eigenvalue weighted by molar-refractivity contribution is 0.00992. The number of piperidine rings is 1. The van der Waals surface area contributed by atoms with Crippen LogP contribution in [0.4, 0.5) is 4.79 Å². The minimum atomic E-state index is -0.451. The van der Waals surface area contributed by atoms with E-state index in [0.29, 0.717) is 6.54 Å². The molecule has 1 fully saturated rings. The molecule has 2 heterocycles. The lowest BCUT2D eigenvalue weighted by Crippen LogP contribution is -2.50. The van der Waals surface area contributed by atoms with Gasteiger partial charge in [0.1, 0.15) is 11.9 Å². The summed E-state index contributed by atoms with van der Waals surface area (Å²) in [6.07, 6.45) is 4.54. The van der Waals surface area contributed by atoms with Gasteiger partial charge in [0.2, 0.25) is 0 Å². The van der Waals surface area contributed by atoms with Crippen molar-refractivity contribution in [3.63, 3.8) is 0 Å². The second-order valence-corrected chi connectivity index (χ2v) is 6.45. The van der Waals surface area contributed by atoms with Gasteiger partial charge in [0, 0.05) is 31.7 Å². The number of likely N-dealkylation sites (tertiary alicyclic amines) is 1. The fourth-order valence-electron chi connectivity index (χ4n) is 2.47. The molecule has 2 rings (SSSR count). The van der Waals surface area contributed by atoms with Crippen LogP contribution in [0.25, 0.3) is 0 Å². The Kier molecular flexibility index (Phi) is 5.22. The Balaban J connectivity index is 1.84. The third-order valence-electron chi connectivity index (χ3n) is 3.43. The molecular formula is C15H25N3O3.